The van der Waals surface area contributed by atoms with Gasteiger partial charge in [-0.05, 0) is 23.8 Å². The van der Waals surface area contributed by atoms with Gasteiger partial charge in [-0.3, -0.25) is 9.59 Å². The summed E-state index contributed by atoms with van der Waals surface area (Å²) in [5.41, 5.74) is 0.845. The Bertz CT molecular complexity index is 510. The average Bonchev–Trinajstić information content (AvgIpc) is 2.44. The summed E-state index contributed by atoms with van der Waals surface area (Å²) >= 11 is 0. The van der Waals surface area contributed by atoms with Crippen LogP contribution in [0.5, 0.6) is 5.75 Å². The molecular weight excluding hydrogens is 258 g/mol. The number of carboxylic acids is 1. The maximum absolute atomic E-state index is 11.8. The Morgan fingerprint density at radius 1 is 1.45 bits per heavy atom. The van der Waals surface area contributed by atoms with Crippen molar-refractivity contribution in [1.29, 1.82) is 0 Å². The van der Waals surface area contributed by atoms with Gasteiger partial charge in [0.25, 0.3) is 0 Å². The van der Waals surface area contributed by atoms with Gasteiger partial charge >= 0.3 is 5.97 Å². The number of carbonyl (C=O) groups is 2. The molecule has 0 saturated heterocycles. The number of ether oxygens (including phenoxy) is 1. The smallest absolute Gasteiger partial charge is 0.308 e. The van der Waals surface area contributed by atoms with E-state index >= 15 is 0 Å². The minimum atomic E-state index is -0.915. The van der Waals surface area contributed by atoms with Crippen LogP contribution in [0, 0.1) is 5.92 Å². The van der Waals surface area contributed by atoms with E-state index in [-0.39, 0.29) is 12.5 Å². The number of hydrogen-bond donors (Lipinski definition) is 1. The number of benzene rings is 1. The highest BCUT2D eigenvalue weighted by atomic mass is 16.5. The fraction of sp³-hybridized carbons (Fsp3) is 0.333. The lowest BCUT2D eigenvalue weighted by molar-refractivity contribution is -0.142. The zero-order valence-electron chi connectivity index (χ0n) is 11.9. The minimum absolute atomic E-state index is 0.177. The van der Waals surface area contributed by atoms with Crippen molar-refractivity contribution in [2.45, 2.75) is 6.92 Å². The van der Waals surface area contributed by atoms with Gasteiger partial charge in [0.2, 0.25) is 5.91 Å². The van der Waals surface area contributed by atoms with Crippen LogP contribution in [0.25, 0.3) is 6.08 Å². The Morgan fingerprint density at radius 2 is 2.15 bits per heavy atom. The normalized spacial score (nSPS) is 12.2. The molecule has 0 aliphatic rings. The molecule has 1 aromatic rings. The van der Waals surface area contributed by atoms with Gasteiger partial charge < -0.3 is 14.7 Å². The second kappa shape index (κ2) is 7.33. The van der Waals surface area contributed by atoms with Gasteiger partial charge in [-0.25, -0.2) is 0 Å². The van der Waals surface area contributed by atoms with Crippen molar-refractivity contribution >= 4 is 18.0 Å². The number of aliphatic carboxylic acids is 1. The van der Waals surface area contributed by atoms with Crippen molar-refractivity contribution in [3.63, 3.8) is 0 Å². The summed E-state index contributed by atoms with van der Waals surface area (Å²) in [7, 11) is 3.16. The van der Waals surface area contributed by atoms with E-state index < -0.39 is 11.9 Å². The van der Waals surface area contributed by atoms with E-state index in [1.54, 1.807) is 27.2 Å². The van der Waals surface area contributed by atoms with Crippen molar-refractivity contribution in [2.24, 2.45) is 5.92 Å². The molecule has 0 unspecified atom stereocenters. The lowest BCUT2D eigenvalue weighted by Crippen LogP contribution is -2.32. The summed E-state index contributed by atoms with van der Waals surface area (Å²) in [4.78, 5) is 24.0. The zero-order chi connectivity index (χ0) is 15.1. The van der Waals surface area contributed by atoms with Crippen LogP contribution in [0.3, 0.4) is 0 Å². The predicted octanol–water partition coefficient (Wildman–Crippen LogP) is 1.89. The standard InChI is InChI=1S/C15H19NO4/c1-11(15(18)19)10-16(2)14(17)8-7-12-5-4-6-13(9-12)20-3/h4-9,11H,10H2,1-3H3,(H,18,19)/b8-7-/t11-/m1/s1. The first-order valence-corrected chi connectivity index (χ1v) is 6.24. The highest BCUT2D eigenvalue weighted by Gasteiger charge is 2.15. The van der Waals surface area contributed by atoms with Gasteiger partial charge in [-0.2, -0.15) is 0 Å². The van der Waals surface area contributed by atoms with Crippen LogP contribution < -0.4 is 4.74 Å². The fourth-order valence-corrected chi connectivity index (χ4v) is 1.62. The van der Waals surface area contributed by atoms with Gasteiger partial charge in [-0.1, -0.05) is 19.1 Å². The number of nitrogens with zero attached hydrogens (tertiary/aromatic N) is 1. The third kappa shape index (κ3) is 4.76. The summed E-state index contributed by atoms with van der Waals surface area (Å²) in [6.07, 6.45) is 3.09. The van der Waals surface area contributed by atoms with Crippen molar-refractivity contribution in [3.8, 4) is 5.75 Å². The van der Waals surface area contributed by atoms with Crippen molar-refractivity contribution in [2.75, 3.05) is 20.7 Å². The third-order valence-electron chi connectivity index (χ3n) is 2.86. The SMILES string of the molecule is COc1cccc(/C=C\C(=O)N(C)C[C@@H](C)C(=O)O)c1. The number of likely N-dealkylation sites (N-methyl/N-ethyl adjacent to an activating group) is 1. The summed E-state index contributed by atoms with van der Waals surface area (Å²) in [6.45, 7) is 1.74. The second-order valence-electron chi connectivity index (χ2n) is 4.57. The molecule has 108 valence electrons. The molecule has 0 bridgehead atoms. The van der Waals surface area contributed by atoms with E-state index in [1.165, 1.54) is 11.0 Å². The maximum atomic E-state index is 11.8. The maximum Gasteiger partial charge on any atom is 0.308 e. The molecule has 0 radical (unpaired) electrons. The quantitative estimate of drug-likeness (QED) is 0.806. The number of amides is 1. The number of carboxylic acid groups (broad SMARTS) is 1. The van der Waals surface area contributed by atoms with Gasteiger partial charge in [0.15, 0.2) is 0 Å². The highest BCUT2D eigenvalue weighted by molar-refractivity contribution is 5.91. The summed E-state index contributed by atoms with van der Waals surface area (Å²) in [6, 6.07) is 7.31. The van der Waals surface area contributed by atoms with E-state index in [2.05, 4.69) is 0 Å². The molecule has 1 rings (SSSR count). The van der Waals surface area contributed by atoms with Gasteiger partial charge in [0, 0.05) is 19.7 Å². The van der Waals surface area contributed by atoms with E-state index in [1.807, 2.05) is 24.3 Å². The van der Waals surface area contributed by atoms with Gasteiger partial charge in [0.05, 0.1) is 13.0 Å². The molecule has 0 spiro atoms. The molecule has 1 amide bonds. The molecular formula is C15H19NO4. The van der Waals surface area contributed by atoms with Crippen molar-refractivity contribution < 1.29 is 19.4 Å². The predicted molar refractivity (Wildman–Crippen MR) is 76.5 cm³/mol. The first-order valence-electron chi connectivity index (χ1n) is 6.24. The number of methoxy groups -OCH3 is 1. The van der Waals surface area contributed by atoms with E-state index in [0.717, 1.165) is 5.56 Å². The molecule has 1 N–H and O–H groups in total. The van der Waals surface area contributed by atoms with Gasteiger partial charge in [-0.15, -0.1) is 0 Å². The molecule has 1 atom stereocenters. The Labute approximate surface area is 118 Å². The lowest BCUT2D eigenvalue weighted by atomic mass is 10.1. The Balaban J connectivity index is 2.64. The average molecular weight is 277 g/mol. The molecule has 0 aliphatic heterocycles. The Morgan fingerprint density at radius 3 is 2.75 bits per heavy atom. The van der Waals surface area contributed by atoms with Crippen LogP contribution in [-0.4, -0.2) is 42.6 Å². The number of rotatable bonds is 6. The van der Waals surface area contributed by atoms with E-state index in [9.17, 15) is 9.59 Å². The molecule has 1 aromatic carbocycles. The molecule has 0 aromatic heterocycles. The molecule has 0 saturated carbocycles. The molecule has 20 heavy (non-hydrogen) atoms. The number of carbonyl (C=O) groups excluding carboxylic acids is 1. The monoisotopic (exact) mass is 277 g/mol. The van der Waals surface area contributed by atoms with Crippen LogP contribution in [0.2, 0.25) is 0 Å². The Kier molecular flexibility index (Phi) is 5.77. The minimum Gasteiger partial charge on any atom is -0.497 e. The number of hydrogen-bond acceptors (Lipinski definition) is 3. The largest absolute Gasteiger partial charge is 0.497 e. The van der Waals surface area contributed by atoms with Gasteiger partial charge in [0.1, 0.15) is 5.75 Å². The molecule has 5 heteroatoms. The summed E-state index contributed by atoms with van der Waals surface area (Å²) < 4.78 is 5.09. The van der Waals surface area contributed by atoms with Crippen LogP contribution >= 0.6 is 0 Å². The van der Waals surface area contributed by atoms with Crippen molar-refractivity contribution in [1.82, 2.24) is 4.90 Å². The van der Waals surface area contributed by atoms with Crippen LogP contribution in [0.1, 0.15) is 12.5 Å². The molecule has 5 nitrogen and oxygen atoms in total. The van der Waals surface area contributed by atoms with Crippen molar-refractivity contribution in [3.05, 3.63) is 35.9 Å². The lowest BCUT2D eigenvalue weighted by Gasteiger charge is -2.17. The fourth-order valence-electron chi connectivity index (χ4n) is 1.62. The first kappa shape index (κ1) is 15.8. The summed E-state index contributed by atoms with van der Waals surface area (Å²) in [5.74, 6) is -1.02. The van der Waals surface area contributed by atoms with Crippen LogP contribution in [-0.2, 0) is 9.59 Å². The Hall–Kier alpha value is -2.30. The summed E-state index contributed by atoms with van der Waals surface area (Å²) in [5, 5.41) is 8.81. The molecule has 0 heterocycles. The zero-order valence-corrected chi connectivity index (χ0v) is 11.9. The molecule has 0 fully saturated rings. The second-order valence-corrected chi connectivity index (χ2v) is 4.57. The molecule has 0 aliphatic carbocycles. The third-order valence-corrected chi connectivity index (χ3v) is 2.86. The highest BCUT2D eigenvalue weighted by Crippen LogP contribution is 2.13. The van der Waals surface area contributed by atoms with E-state index in [0.29, 0.717) is 5.75 Å². The topological polar surface area (TPSA) is 66.8 Å². The first-order chi connectivity index (χ1) is 9.43. The van der Waals surface area contributed by atoms with Crippen LogP contribution in [0.15, 0.2) is 30.3 Å². The van der Waals surface area contributed by atoms with E-state index in [4.69, 9.17) is 9.84 Å². The van der Waals surface area contributed by atoms with Crippen LogP contribution in [0.4, 0.5) is 0 Å².